The van der Waals surface area contributed by atoms with E-state index in [0.29, 0.717) is 32.2 Å². The summed E-state index contributed by atoms with van der Waals surface area (Å²) in [4.78, 5) is 26.5. The fourth-order valence-corrected chi connectivity index (χ4v) is 10.4. The first-order chi connectivity index (χ1) is 31.5. The van der Waals surface area contributed by atoms with Gasteiger partial charge in [-0.2, -0.15) is 0 Å². The molecule has 2 amide bonds. The van der Waals surface area contributed by atoms with Crippen molar-refractivity contribution in [2.24, 2.45) is 34.5 Å². The second kappa shape index (κ2) is 24.9. The highest BCUT2D eigenvalue weighted by molar-refractivity contribution is 5.82. The zero-order valence-electron chi connectivity index (χ0n) is 42.9. The molecule has 0 aliphatic carbocycles. The number of hydrogen-bond acceptors (Lipinski definition) is 17. The van der Waals surface area contributed by atoms with Crippen LogP contribution in [-0.2, 0) is 38.0 Å². The number of nitrogens with two attached hydrogens (primary N) is 3. The van der Waals surface area contributed by atoms with E-state index in [-0.39, 0.29) is 12.4 Å². The Balaban J connectivity index is 2.07. The van der Waals surface area contributed by atoms with Crippen molar-refractivity contribution in [1.29, 1.82) is 5.41 Å². The van der Waals surface area contributed by atoms with Gasteiger partial charge >= 0.3 is 0 Å². The van der Waals surface area contributed by atoms with Crippen molar-refractivity contribution in [3.8, 4) is 0 Å². The maximum atomic E-state index is 14.0. The van der Waals surface area contributed by atoms with Gasteiger partial charge in [-0.25, -0.2) is 0 Å². The third kappa shape index (κ3) is 14.6. The molecule has 3 saturated heterocycles. The van der Waals surface area contributed by atoms with Gasteiger partial charge in [-0.15, -0.1) is 0 Å². The Morgan fingerprint density at radius 3 is 1.60 bits per heavy atom. The largest absolute Gasteiger partial charge is 0.394 e. The molecule has 0 aromatic heterocycles. The van der Waals surface area contributed by atoms with Crippen molar-refractivity contribution in [3.05, 3.63) is 0 Å². The summed E-state index contributed by atoms with van der Waals surface area (Å²) >= 11 is 0. The van der Waals surface area contributed by atoms with Crippen LogP contribution in [-0.4, -0.2) is 189 Å². The lowest BCUT2D eigenvalue weighted by molar-refractivity contribution is -0.292. The van der Waals surface area contributed by atoms with Crippen LogP contribution in [0.1, 0.15) is 122 Å². The molecule has 17 unspecified atom stereocenters. The molecule has 21 nitrogen and oxygen atoms in total. The maximum absolute atomic E-state index is 14.0. The van der Waals surface area contributed by atoms with E-state index in [1.54, 1.807) is 27.7 Å². The van der Waals surface area contributed by atoms with Crippen LogP contribution in [0.5, 0.6) is 0 Å². The Hall–Kier alpha value is -2.35. The normalized spacial score (nSPS) is 34.4. The molecule has 16 N–H and O–H groups in total. The monoisotopic (exact) mass is 978 g/mol. The number of amides is 2. The quantitative estimate of drug-likeness (QED) is 0.0340. The lowest BCUT2D eigenvalue weighted by Crippen LogP contribution is -2.71. The number of ether oxygens (including phenoxy) is 6. The number of aliphatic hydroxyl groups is 6. The molecule has 68 heavy (non-hydrogen) atoms. The van der Waals surface area contributed by atoms with Crippen LogP contribution < -0.4 is 33.2 Å². The molecular formula is C47H91N7O14. The molecule has 398 valence electrons. The van der Waals surface area contributed by atoms with Crippen LogP contribution in [0.3, 0.4) is 0 Å². The molecule has 0 saturated carbocycles. The summed E-state index contributed by atoms with van der Waals surface area (Å²) < 4.78 is 39.4. The molecule has 0 bridgehead atoms. The third-order valence-electron chi connectivity index (χ3n) is 14.4. The first kappa shape index (κ1) is 60.0. The standard InChI is InChI=1S/C47H91N7O14/c1-14-24(36-30(49)33(59)38(27(20-55)63-36)66-44(5,6)7)46(10,11)67-39-28(21-56)64-37(31(34(39)60)54-42(62)26(48)18-17-19-52-43(50)51)25(15-2)47(12,13)68-40-29(22-57)65-41(45(8,9)16-3)32(35(40)61)53-23(4)58/h24-41,55-57,59-61H,14-22,48-49H2,1-13H3,(H,53,58)(H,54,62)(H4,50,51,52)/t24?,25?,26-,27?,28?,29?,30?,31?,32?,33?,34?,35?,36?,37?,38?,39?,40?,41?/m0/s1. The van der Waals surface area contributed by atoms with Crippen LogP contribution in [0.15, 0.2) is 0 Å². The molecule has 3 aliphatic heterocycles. The Kier molecular flexibility index (Phi) is 21.9. The van der Waals surface area contributed by atoms with Gasteiger partial charge in [-0.05, 0) is 86.0 Å². The van der Waals surface area contributed by atoms with Gasteiger partial charge in [-0.3, -0.25) is 15.0 Å². The Bertz CT molecular complexity index is 1600. The summed E-state index contributed by atoms with van der Waals surface area (Å²) in [6.07, 6.45) is -11.4. The molecular weight excluding hydrogens is 887 g/mol. The highest BCUT2D eigenvalue weighted by Crippen LogP contribution is 2.44. The zero-order valence-corrected chi connectivity index (χ0v) is 42.9. The minimum absolute atomic E-state index is 0.189. The fourth-order valence-electron chi connectivity index (χ4n) is 10.4. The molecule has 0 radical (unpaired) electrons. The van der Waals surface area contributed by atoms with Gasteiger partial charge in [0, 0.05) is 25.3 Å². The summed E-state index contributed by atoms with van der Waals surface area (Å²) in [6, 6.07) is -4.20. The molecule has 3 heterocycles. The van der Waals surface area contributed by atoms with Crippen LogP contribution in [0.2, 0.25) is 0 Å². The number of carbonyl (C=O) groups excluding carboxylic acids is 2. The minimum Gasteiger partial charge on any atom is -0.394 e. The van der Waals surface area contributed by atoms with E-state index in [1.165, 1.54) is 6.92 Å². The predicted octanol–water partition coefficient (Wildman–Crippen LogP) is -0.745. The topological polar surface area (TPSA) is 349 Å². The molecule has 18 atom stereocenters. The maximum Gasteiger partial charge on any atom is 0.237 e. The van der Waals surface area contributed by atoms with Gasteiger partial charge in [-0.1, -0.05) is 34.6 Å². The van der Waals surface area contributed by atoms with E-state index in [9.17, 15) is 40.2 Å². The summed E-state index contributed by atoms with van der Waals surface area (Å²) in [5.74, 6) is -2.53. The minimum atomic E-state index is -1.56. The highest BCUT2D eigenvalue weighted by atomic mass is 16.6. The number of guanidine groups is 1. The van der Waals surface area contributed by atoms with Crippen LogP contribution >= 0.6 is 0 Å². The molecule has 0 spiro atoms. The van der Waals surface area contributed by atoms with E-state index < -0.39 is 163 Å². The fraction of sp³-hybridized carbons (Fsp3) is 0.936. The summed E-state index contributed by atoms with van der Waals surface area (Å²) in [5.41, 5.74) is 14.8. The van der Waals surface area contributed by atoms with Crippen LogP contribution in [0.4, 0.5) is 0 Å². The van der Waals surface area contributed by atoms with Gasteiger partial charge < -0.3 is 92.2 Å². The highest BCUT2D eigenvalue weighted by Gasteiger charge is 2.58. The number of carbonyl (C=O) groups is 2. The van der Waals surface area contributed by atoms with Gasteiger partial charge in [0.1, 0.15) is 54.9 Å². The summed E-state index contributed by atoms with van der Waals surface area (Å²) in [5, 5.41) is 84.2. The van der Waals surface area contributed by atoms with Crippen LogP contribution in [0.25, 0.3) is 0 Å². The predicted molar refractivity (Wildman–Crippen MR) is 254 cm³/mol. The van der Waals surface area contributed by atoms with Crippen molar-refractivity contribution in [1.82, 2.24) is 16.0 Å². The SMILES string of the molecule is CCC(C1OC(CO)C(OC(C)(C)C)C(O)C1N)C(C)(C)OC1C(CO)OC(C(CC)C(C)(C)OC2C(CO)OC(C(C)(C)CC)C(NC(C)=O)C2O)C(NC(=O)[C@@H](N)CCCNC(=N)N)C1O. The van der Waals surface area contributed by atoms with Crippen LogP contribution in [0, 0.1) is 22.7 Å². The molecule has 0 aromatic rings. The second-order valence-electron chi connectivity index (χ2n) is 21.8. The Labute approximate surface area is 404 Å². The van der Waals surface area contributed by atoms with Crippen molar-refractivity contribution < 1.29 is 68.6 Å². The van der Waals surface area contributed by atoms with Gasteiger partial charge in [0.15, 0.2) is 5.96 Å². The van der Waals surface area contributed by atoms with Crippen molar-refractivity contribution in [2.75, 3.05) is 26.4 Å². The molecule has 3 fully saturated rings. The smallest absolute Gasteiger partial charge is 0.237 e. The van der Waals surface area contributed by atoms with Gasteiger partial charge in [0.25, 0.3) is 0 Å². The molecule has 3 rings (SSSR count). The van der Waals surface area contributed by atoms with E-state index >= 15 is 0 Å². The number of rotatable bonds is 23. The van der Waals surface area contributed by atoms with Crippen molar-refractivity contribution in [3.63, 3.8) is 0 Å². The number of nitrogens with one attached hydrogen (secondary N) is 4. The van der Waals surface area contributed by atoms with E-state index in [1.807, 2.05) is 55.4 Å². The Morgan fingerprint density at radius 1 is 0.706 bits per heavy atom. The molecule has 21 heteroatoms. The lowest BCUT2D eigenvalue weighted by Gasteiger charge is -2.55. The number of hydrogen-bond donors (Lipinski definition) is 13. The van der Waals surface area contributed by atoms with Gasteiger partial charge in [0.05, 0.1) is 79.1 Å². The Morgan fingerprint density at radius 2 is 1.16 bits per heavy atom. The first-order valence-electron chi connectivity index (χ1n) is 24.5. The summed E-state index contributed by atoms with van der Waals surface area (Å²) in [7, 11) is 0. The zero-order chi connectivity index (χ0) is 51.9. The first-order valence-corrected chi connectivity index (χ1v) is 24.5. The van der Waals surface area contributed by atoms with E-state index in [2.05, 4.69) is 16.0 Å². The number of aliphatic hydroxyl groups excluding tert-OH is 6. The third-order valence-corrected chi connectivity index (χ3v) is 14.4. The van der Waals surface area contributed by atoms with E-state index in [0.717, 1.165) is 0 Å². The molecule has 0 aromatic carbocycles. The molecule has 3 aliphatic rings. The van der Waals surface area contributed by atoms with Gasteiger partial charge in [0.2, 0.25) is 11.8 Å². The summed E-state index contributed by atoms with van der Waals surface area (Å²) in [6.45, 7) is 22.2. The van der Waals surface area contributed by atoms with Crippen molar-refractivity contribution in [2.45, 2.75) is 236 Å². The average Bonchev–Trinajstić information content (AvgIpc) is 3.24. The lowest BCUT2D eigenvalue weighted by atomic mass is 9.74. The van der Waals surface area contributed by atoms with E-state index in [4.69, 9.17) is 51.0 Å². The van der Waals surface area contributed by atoms with Crippen molar-refractivity contribution >= 4 is 17.8 Å². The second-order valence-corrected chi connectivity index (χ2v) is 21.8. The average molecular weight is 978 g/mol.